The Morgan fingerprint density at radius 1 is 1.17 bits per heavy atom. The summed E-state index contributed by atoms with van der Waals surface area (Å²) < 4.78 is 0. The van der Waals surface area contributed by atoms with Crippen LogP contribution in [0.1, 0.15) is 37.5 Å². The largest absolute Gasteiger partial charge is 0.477 e. The third-order valence-corrected chi connectivity index (χ3v) is 10.1. The minimum Gasteiger partial charge on any atom is -0.477 e. The number of thioether (sulfide) groups is 1. The zero-order chi connectivity index (χ0) is 32.7. The number of hydrogen-bond acceptors (Lipinski definition) is 12. The molecule has 0 spiro atoms. The predicted octanol–water partition coefficient (Wildman–Crippen LogP) is 1.20. The van der Waals surface area contributed by atoms with Crippen molar-refractivity contribution in [3.63, 3.8) is 0 Å². The van der Waals surface area contributed by atoms with E-state index < -0.39 is 46.6 Å². The highest BCUT2D eigenvalue weighted by molar-refractivity contribution is 8.00. The summed E-state index contributed by atoms with van der Waals surface area (Å²) in [6, 6.07) is 6.96. The van der Waals surface area contributed by atoms with Gasteiger partial charge in [0.25, 0.3) is 11.8 Å². The van der Waals surface area contributed by atoms with Crippen LogP contribution in [0, 0.1) is 6.92 Å². The second kappa shape index (κ2) is 12.5. The maximum absolute atomic E-state index is 13.7. The molecule has 3 amide bonds. The van der Waals surface area contributed by atoms with Crippen LogP contribution < -0.4 is 16.1 Å². The number of pyridine rings is 2. The van der Waals surface area contributed by atoms with Crippen LogP contribution in [0.15, 0.2) is 64.9 Å². The number of aliphatic carboxylic acids is 1. The minimum absolute atomic E-state index is 0.0420. The van der Waals surface area contributed by atoms with E-state index in [9.17, 15) is 34.2 Å². The van der Waals surface area contributed by atoms with Gasteiger partial charge in [-0.1, -0.05) is 47.8 Å². The number of H-pyrrole nitrogens is 1. The number of aromatic nitrogens is 4. The van der Waals surface area contributed by atoms with Gasteiger partial charge in [-0.15, -0.1) is 22.0 Å². The minimum atomic E-state index is -1.37. The Morgan fingerprint density at radius 3 is 2.61 bits per heavy atom. The van der Waals surface area contributed by atoms with Gasteiger partial charge in [-0.3, -0.25) is 29.1 Å². The highest BCUT2D eigenvalue weighted by atomic mass is 32.2. The first-order chi connectivity index (χ1) is 22.1. The first kappa shape index (κ1) is 31.2. The number of nitrogens with zero attached hydrogens (tertiary/aromatic N) is 4. The second-order valence-corrected chi connectivity index (χ2v) is 12.9. The number of fused-ring (bicyclic) bond motifs is 2. The quantitative estimate of drug-likeness (QED) is 0.0963. The molecule has 2 unspecified atom stereocenters. The maximum Gasteiger partial charge on any atom is 0.353 e. The number of thiocarbonyl (C=S) groups is 1. The summed E-state index contributed by atoms with van der Waals surface area (Å²) in [5.74, 6) is -3.53. The van der Waals surface area contributed by atoms with E-state index in [1.54, 1.807) is 31.2 Å². The number of aromatic amines is 1. The molecule has 6 rings (SSSR count). The van der Waals surface area contributed by atoms with E-state index in [1.807, 2.05) is 0 Å². The smallest absolute Gasteiger partial charge is 0.353 e. The molecule has 0 aliphatic carbocycles. The van der Waals surface area contributed by atoms with Crippen LogP contribution in [0.4, 0.5) is 0 Å². The zero-order valence-electron chi connectivity index (χ0n) is 23.7. The van der Waals surface area contributed by atoms with Gasteiger partial charge in [-0.2, -0.15) is 0 Å². The molecule has 2 aliphatic heterocycles. The van der Waals surface area contributed by atoms with Gasteiger partial charge in [-0.25, -0.2) is 4.79 Å². The Morgan fingerprint density at radius 2 is 1.93 bits per heavy atom. The molecular formula is C29H23N7O7S3. The molecule has 1 fully saturated rings. The Hall–Kier alpha value is -4.84. The molecule has 234 valence electrons. The number of aryl methyl sites for hydroxylation is 1. The third-order valence-electron chi connectivity index (χ3n) is 7.38. The van der Waals surface area contributed by atoms with Gasteiger partial charge in [-0.05, 0) is 30.2 Å². The summed E-state index contributed by atoms with van der Waals surface area (Å²) >= 11 is 7.94. The fourth-order valence-electron chi connectivity index (χ4n) is 5.09. The van der Waals surface area contributed by atoms with Crippen molar-refractivity contribution in [1.29, 1.82) is 0 Å². The van der Waals surface area contributed by atoms with Crippen molar-refractivity contribution in [2.24, 2.45) is 0 Å². The van der Waals surface area contributed by atoms with E-state index >= 15 is 0 Å². The van der Waals surface area contributed by atoms with Gasteiger partial charge in [0.1, 0.15) is 39.2 Å². The lowest BCUT2D eigenvalue weighted by Gasteiger charge is -2.49. The van der Waals surface area contributed by atoms with Crippen LogP contribution in [-0.2, 0) is 21.0 Å². The van der Waals surface area contributed by atoms with Gasteiger partial charge in [0.15, 0.2) is 5.01 Å². The Labute approximate surface area is 272 Å². The van der Waals surface area contributed by atoms with E-state index in [1.165, 1.54) is 47.6 Å². The van der Waals surface area contributed by atoms with Gasteiger partial charge in [0, 0.05) is 23.7 Å². The van der Waals surface area contributed by atoms with Crippen LogP contribution in [0.25, 0.3) is 11.0 Å². The van der Waals surface area contributed by atoms with Crippen molar-refractivity contribution in [3.8, 4) is 0 Å². The molecule has 2 aliphatic rings. The molecule has 3 aromatic heterocycles. The number of aliphatic hydroxyl groups is 1. The summed E-state index contributed by atoms with van der Waals surface area (Å²) in [6.07, 6.45) is 2.64. The molecule has 1 aromatic carbocycles. The molecule has 46 heavy (non-hydrogen) atoms. The number of carbonyl (C=O) groups excluding carboxylic acids is 3. The fraction of sp³-hybridized carbons (Fsp3) is 0.207. The van der Waals surface area contributed by atoms with Crippen LogP contribution in [0.2, 0.25) is 0 Å². The monoisotopic (exact) mass is 677 g/mol. The number of carboxylic acid groups (broad SMARTS) is 1. The topological polar surface area (TPSA) is 208 Å². The number of aliphatic hydroxyl groups excluding tert-OH is 1. The van der Waals surface area contributed by atoms with Crippen molar-refractivity contribution < 1.29 is 29.4 Å². The molecule has 4 aromatic rings. The summed E-state index contributed by atoms with van der Waals surface area (Å²) in [4.78, 5) is 74.0. The van der Waals surface area contributed by atoms with Gasteiger partial charge in [0.05, 0.1) is 17.0 Å². The molecule has 0 radical (unpaired) electrons. The predicted molar refractivity (Wildman–Crippen MR) is 171 cm³/mol. The Bertz CT molecular complexity index is 2030. The highest BCUT2D eigenvalue weighted by Gasteiger charge is 2.55. The van der Waals surface area contributed by atoms with Crippen molar-refractivity contribution in [1.82, 2.24) is 35.7 Å². The van der Waals surface area contributed by atoms with Crippen LogP contribution in [-0.4, -0.2) is 81.0 Å². The molecule has 1 saturated heterocycles. The normalized spacial score (nSPS) is 18.0. The van der Waals surface area contributed by atoms with Crippen LogP contribution >= 0.6 is 35.3 Å². The number of carboxylic acids is 1. The standard InChI is InChI=1S/C29H23N7O7S3/c1-12-34-35-26(46-12)23(44)16-11-45-28-20(27(41)36(28)21(16)29(42)43)33-25(40)18(14-6-4-13(10-37)5-7-14)32-24(39)15-9-31-17-3-2-8-30-19(17)22(15)38/h2-9,18,20,28,37H,10-11H2,1H3,(H,31,38)(H,32,39)(H,33,40)(H,42,43)/t18?,20?,28-/m0/s1. The van der Waals surface area contributed by atoms with Gasteiger partial charge in [0.2, 0.25) is 11.3 Å². The number of nitrogens with one attached hydrogen (secondary N) is 3. The SMILES string of the molecule is Cc1nnc(C(=S)C2=C(C(=O)O)N3C(=O)C(NC(=O)C(NC(=O)c4c[nH]c5cccnc5c4=O)c4ccc(CO)cc4)[C@@H]3SC2)s1. The molecule has 5 heterocycles. The summed E-state index contributed by atoms with van der Waals surface area (Å²) in [6.45, 7) is 1.49. The molecule has 5 N–H and O–H groups in total. The average Bonchev–Trinajstić information content (AvgIpc) is 3.51. The maximum atomic E-state index is 13.7. The van der Waals surface area contributed by atoms with Crippen LogP contribution in [0.3, 0.4) is 0 Å². The second-order valence-electron chi connectivity index (χ2n) is 10.2. The summed E-state index contributed by atoms with van der Waals surface area (Å²) in [5.41, 5.74) is 0.372. The summed E-state index contributed by atoms with van der Waals surface area (Å²) in [7, 11) is 0. The lowest BCUT2D eigenvalue weighted by Crippen LogP contribution is -2.71. The van der Waals surface area contributed by atoms with Crippen molar-refractivity contribution in [3.05, 3.63) is 97.0 Å². The first-order valence-corrected chi connectivity index (χ1v) is 15.9. The molecule has 0 bridgehead atoms. The number of rotatable bonds is 9. The molecule has 3 atom stereocenters. The van der Waals surface area contributed by atoms with E-state index in [0.717, 1.165) is 4.90 Å². The Kier molecular flexibility index (Phi) is 8.47. The zero-order valence-corrected chi connectivity index (χ0v) is 26.2. The highest BCUT2D eigenvalue weighted by Crippen LogP contribution is 2.41. The van der Waals surface area contributed by atoms with Crippen molar-refractivity contribution in [2.75, 3.05) is 5.75 Å². The average molecular weight is 678 g/mol. The molecular weight excluding hydrogens is 655 g/mol. The van der Waals surface area contributed by atoms with E-state index in [2.05, 4.69) is 30.8 Å². The fourth-order valence-corrected chi connectivity index (χ4v) is 7.52. The van der Waals surface area contributed by atoms with E-state index in [-0.39, 0.29) is 39.6 Å². The van der Waals surface area contributed by atoms with Crippen LogP contribution in [0.5, 0.6) is 0 Å². The molecule has 17 heteroatoms. The number of β-lactam (4-membered cyclic amide) rings is 1. The van der Waals surface area contributed by atoms with Gasteiger partial charge < -0.3 is 25.8 Å². The van der Waals surface area contributed by atoms with E-state index in [4.69, 9.17) is 12.2 Å². The van der Waals surface area contributed by atoms with Crippen molar-refractivity contribution in [2.45, 2.75) is 31.0 Å². The summed E-state index contributed by atoms with van der Waals surface area (Å²) in [5, 5.41) is 32.9. The lowest BCUT2D eigenvalue weighted by atomic mass is 9.99. The number of hydrogen-bond donors (Lipinski definition) is 5. The number of amides is 3. The lowest BCUT2D eigenvalue weighted by molar-refractivity contribution is -0.150. The first-order valence-electron chi connectivity index (χ1n) is 13.6. The van der Waals surface area contributed by atoms with E-state index in [0.29, 0.717) is 26.7 Å². The van der Waals surface area contributed by atoms with Crippen molar-refractivity contribution >= 4 is 74.9 Å². The molecule has 14 nitrogen and oxygen atoms in total. The number of benzene rings is 1. The van der Waals surface area contributed by atoms with Gasteiger partial charge >= 0.3 is 5.97 Å². The molecule has 0 saturated carbocycles. The Balaban J connectivity index is 1.26. The third kappa shape index (κ3) is 5.57. The number of carbonyl (C=O) groups is 4.